The molecule has 0 bridgehead atoms. The molecule has 0 atom stereocenters. The van der Waals surface area contributed by atoms with E-state index in [0.29, 0.717) is 5.02 Å². The summed E-state index contributed by atoms with van der Waals surface area (Å²) in [5.41, 5.74) is 7.38. The lowest BCUT2D eigenvalue weighted by Crippen LogP contribution is -2.39. The number of amides is 1. The smallest absolute Gasteiger partial charge is 0.264 e. The molecule has 190 valence electrons. The highest BCUT2D eigenvalue weighted by molar-refractivity contribution is 7.92. The molecule has 0 saturated heterocycles. The lowest BCUT2D eigenvalue weighted by molar-refractivity contribution is -0.119. The van der Waals surface area contributed by atoms with Crippen molar-refractivity contribution in [2.24, 2.45) is 5.10 Å². The Kier molecular flexibility index (Phi) is 7.80. The van der Waals surface area contributed by atoms with Crippen molar-refractivity contribution >= 4 is 39.4 Å². The fourth-order valence-electron chi connectivity index (χ4n) is 4.00. The quantitative estimate of drug-likeness (QED) is 0.242. The van der Waals surface area contributed by atoms with Crippen LogP contribution in [-0.2, 0) is 14.8 Å². The van der Waals surface area contributed by atoms with Crippen LogP contribution in [0.2, 0.25) is 5.02 Å². The lowest BCUT2D eigenvalue weighted by atomic mass is 10.2. The number of aromatic nitrogens is 1. The maximum absolute atomic E-state index is 13.4. The summed E-state index contributed by atoms with van der Waals surface area (Å²) in [5.74, 6) is -0.593. The summed E-state index contributed by atoms with van der Waals surface area (Å²) in [5, 5.41) is 4.50. The van der Waals surface area contributed by atoms with Gasteiger partial charge in [-0.25, -0.2) is 13.8 Å². The van der Waals surface area contributed by atoms with Gasteiger partial charge in [-0.15, -0.1) is 0 Å². The maximum atomic E-state index is 13.4. The standard InChI is InChI=1S/C28H27ClN4O3S/c1-20-14-15-25(17-27(20)29)32(37(35,36)26-12-8-5-9-13-26)19-28(34)31-30-18-23-16-21(2)33(22(23)3)24-10-6-4-7-11-24/h4-18H,19H2,1-3H3,(H,31,34)/b30-18-. The molecular formula is C28H27ClN4O3S. The summed E-state index contributed by atoms with van der Waals surface area (Å²) >= 11 is 6.27. The van der Waals surface area contributed by atoms with E-state index in [9.17, 15) is 13.2 Å². The number of aryl methyl sites for hydroxylation is 2. The average molecular weight is 535 g/mol. The van der Waals surface area contributed by atoms with Gasteiger partial charge in [0.1, 0.15) is 6.54 Å². The van der Waals surface area contributed by atoms with E-state index in [1.54, 1.807) is 36.5 Å². The Hall–Kier alpha value is -3.88. The van der Waals surface area contributed by atoms with Crippen LogP contribution in [-0.4, -0.2) is 31.7 Å². The predicted octanol–water partition coefficient (Wildman–Crippen LogP) is 5.40. The normalized spacial score (nSPS) is 11.6. The summed E-state index contributed by atoms with van der Waals surface area (Å²) in [6.45, 7) is 5.31. The number of para-hydroxylation sites is 1. The first kappa shape index (κ1) is 26.2. The number of nitrogens with one attached hydrogen (secondary N) is 1. The van der Waals surface area contributed by atoms with Crippen LogP contribution in [0.3, 0.4) is 0 Å². The molecule has 0 aliphatic carbocycles. The number of hydrogen-bond acceptors (Lipinski definition) is 4. The summed E-state index contributed by atoms with van der Waals surface area (Å²) in [7, 11) is -4.04. The molecule has 1 amide bonds. The zero-order valence-corrected chi connectivity index (χ0v) is 22.3. The molecular weight excluding hydrogens is 508 g/mol. The van der Waals surface area contributed by atoms with Gasteiger partial charge in [-0.1, -0.05) is 54.1 Å². The number of hydrogen-bond donors (Lipinski definition) is 1. The molecule has 1 N–H and O–H groups in total. The van der Waals surface area contributed by atoms with Crippen molar-refractivity contribution < 1.29 is 13.2 Å². The lowest BCUT2D eigenvalue weighted by Gasteiger charge is -2.24. The van der Waals surface area contributed by atoms with Gasteiger partial charge in [-0.2, -0.15) is 5.10 Å². The Labute approximate surface area is 222 Å². The molecule has 4 aromatic rings. The van der Waals surface area contributed by atoms with Crippen LogP contribution in [0.4, 0.5) is 5.69 Å². The number of carbonyl (C=O) groups excluding carboxylic acids is 1. The maximum Gasteiger partial charge on any atom is 0.264 e. The van der Waals surface area contributed by atoms with Crippen molar-refractivity contribution in [3.05, 3.63) is 112 Å². The minimum Gasteiger partial charge on any atom is -0.318 e. The Morgan fingerprint density at radius 2 is 1.62 bits per heavy atom. The Bertz CT molecular complexity index is 1550. The number of halogens is 1. The highest BCUT2D eigenvalue weighted by atomic mass is 35.5. The number of hydrazone groups is 1. The Balaban J connectivity index is 1.56. The van der Waals surface area contributed by atoms with E-state index in [0.717, 1.165) is 32.5 Å². The molecule has 0 aliphatic rings. The van der Waals surface area contributed by atoms with E-state index in [1.807, 2.05) is 57.2 Å². The van der Waals surface area contributed by atoms with Gasteiger partial charge in [0.15, 0.2) is 0 Å². The van der Waals surface area contributed by atoms with E-state index in [2.05, 4.69) is 15.1 Å². The summed E-state index contributed by atoms with van der Waals surface area (Å²) in [6.07, 6.45) is 1.55. The van der Waals surface area contributed by atoms with Crippen molar-refractivity contribution in [1.82, 2.24) is 9.99 Å². The first-order valence-corrected chi connectivity index (χ1v) is 13.4. The second-order valence-corrected chi connectivity index (χ2v) is 10.8. The third-order valence-corrected chi connectivity index (χ3v) is 8.13. The van der Waals surface area contributed by atoms with Gasteiger partial charge in [0.2, 0.25) is 0 Å². The molecule has 37 heavy (non-hydrogen) atoms. The van der Waals surface area contributed by atoms with E-state index < -0.39 is 22.5 Å². The molecule has 4 rings (SSSR count). The zero-order valence-electron chi connectivity index (χ0n) is 20.7. The van der Waals surface area contributed by atoms with E-state index >= 15 is 0 Å². The van der Waals surface area contributed by atoms with Crippen LogP contribution >= 0.6 is 11.6 Å². The van der Waals surface area contributed by atoms with E-state index in [-0.39, 0.29) is 10.6 Å². The van der Waals surface area contributed by atoms with Crippen LogP contribution < -0.4 is 9.73 Å². The SMILES string of the molecule is Cc1ccc(N(CC(=O)N/N=C\c2cc(C)n(-c3ccccc3)c2C)S(=O)(=O)c2ccccc2)cc1Cl. The van der Waals surface area contributed by atoms with Crippen LogP contribution in [0, 0.1) is 20.8 Å². The van der Waals surface area contributed by atoms with Crippen molar-refractivity contribution in [3.63, 3.8) is 0 Å². The van der Waals surface area contributed by atoms with Gasteiger partial charge in [0.05, 0.1) is 16.8 Å². The van der Waals surface area contributed by atoms with Gasteiger partial charge in [0, 0.05) is 27.7 Å². The average Bonchev–Trinajstić information content (AvgIpc) is 3.17. The van der Waals surface area contributed by atoms with Gasteiger partial charge in [0.25, 0.3) is 15.9 Å². The highest BCUT2D eigenvalue weighted by Gasteiger charge is 2.27. The van der Waals surface area contributed by atoms with Gasteiger partial charge >= 0.3 is 0 Å². The van der Waals surface area contributed by atoms with E-state index in [1.165, 1.54) is 18.2 Å². The summed E-state index contributed by atoms with van der Waals surface area (Å²) in [4.78, 5) is 12.9. The van der Waals surface area contributed by atoms with Gasteiger partial charge < -0.3 is 4.57 Å². The largest absolute Gasteiger partial charge is 0.318 e. The number of anilines is 1. The number of benzene rings is 3. The molecule has 9 heteroatoms. The van der Waals surface area contributed by atoms with Crippen LogP contribution in [0.1, 0.15) is 22.5 Å². The number of rotatable bonds is 8. The minimum atomic E-state index is -4.04. The van der Waals surface area contributed by atoms with Crippen molar-refractivity contribution in [3.8, 4) is 5.69 Å². The molecule has 0 saturated carbocycles. The molecule has 0 aliphatic heterocycles. The fraction of sp³-hybridized carbons (Fsp3) is 0.143. The van der Waals surface area contributed by atoms with Gasteiger partial charge in [-0.3, -0.25) is 9.10 Å². The van der Waals surface area contributed by atoms with Crippen LogP contribution in [0.15, 0.2) is 94.9 Å². The molecule has 0 spiro atoms. The molecule has 7 nitrogen and oxygen atoms in total. The fourth-order valence-corrected chi connectivity index (χ4v) is 5.61. The first-order valence-electron chi connectivity index (χ1n) is 11.6. The van der Waals surface area contributed by atoms with E-state index in [4.69, 9.17) is 11.6 Å². The van der Waals surface area contributed by atoms with Crippen LogP contribution in [0.25, 0.3) is 5.69 Å². The minimum absolute atomic E-state index is 0.0661. The first-order chi connectivity index (χ1) is 17.7. The Morgan fingerprint density at radius 3 is 2.27 bits per heavy atom. The number of carbonyl (C=O) groups is 1. The summed E-state index contributed by atoms with van der Waals surface area (Å²) in [6, 6.07) is 24.7. The number of nitrogens with zero attached hydrogens (tertiary/aromatic N) is 3. The molecule has 3 aromatic carbocycles. The van der Waals surface area contributed by atoms with Crippen LogP contribution in [0.5, 0.6) is 0 Å². The van der Waals surface area contributed by atoms with Gasteiger partial charge in [-0.05, 0) is 68.8 Å². The molecule has 1 aromatic heterocycles. The topological polar surface area (TPSA) is 83.8 Å². The zero-order chi connectivity index (χ0) is 26.6. The third kappa shape index (κ3) is 5.76. The second-order valence-electron chi connectivity index (χ2n) is 8.55. The summed E-state index contributed by atoms with van der Waals surface area (Å²) < 4.78 is 30.0. The van der Waals surface area contributed by atoms with Crippen molar-refractivity contribution in [2.75, 3.05) is 10.8 Å². The second kappa shape index (κ2) is 11.0. The number of sulfonamides is 1. The Morgan fingerprint density at radius 1 is 0.973 bits per heavy atom. The molecule has 1 heterocycles. The highest BCUT2D eigenvalue weighted by Crippen LogP contribution is 2.28. The third-order valence-electron chi connectivity index (χ3n) is 5.94. The predicted molar refractivity (Wildman–Crippen MR) is 148 cm³/mol. The van der Waals surface area contributed by atoms with Crippen molar-refractivity contribution in [2.45, 2.75) is 25.7 Å². The monoisotopic (exact) mass is 534 g/mol. The van der Waals surface area contributed by atoms with Crippen molar-refractivity contribution in [1.29, 1.82) is 0 Å². The molecule has 0 fully saturated rings. The molecule has 0 unspecified atom stereocenters. The molecule has 0 radical (unpaired) electrons.